The Bertz CT molecular complexity index is 4640. The van der Waals surface area contributed by atoms with E-state index >= 15 is 0 Å². The molecule has 3 aromatic heterocycles. The first-order valence-corrected chi connectivity index (χ1v) is 26.2. The highest BCUT2D eigenvalue weighted by Crippen LogP contribution is 2.55. The van der Waals surface area contributed by atoms with Crippen molar-refractivity contribution in [2.45, 2.75) is 105 Å². The predicted octanol–water partition coefficient (Wildman–Crippen LogP) is 9.65. The van der Waals surface area contributed by atoms with Crippen molar-refractivity contribution < 1.29 is 0 Å². The Morgan fingerprint density at radius 1 is 0.329 bits per heavy atom. The molecule has 0 amide bonds. The molecule has 0 N–H and O–H groups in total. The molecule has 0 saturated carbocycles. The van der Waals surface area contributed by atoms with E-state index in [4.69, 9.17) is 0 Å². The molecule has 0 bridgehead atoms. The van der Waals surface area contributed by atoms with Crippen molar-refractivity contribution >= 4 is 146 Å². The Balaban J connectivity index is 1.10. The van der Waals surface area contributed by atoms with Gasteiger partial charge in [0, 0.05) is 55.1 Å². The largest absolute Gasteiger partial charge is 0.313 e. The maximum Gasteiger partial charge on any atom is 0.257 e. The van der Waals surface area contributed by atoms with Crippen LogP contribution in [0, 0.1) is 0 Å². The Hall–Kier alpha value is -6.65. The van der Waals surface area contributed by atoms with Crippen molar-refractivity contribution in [3.8, 4) is 39.1 Å². The monoisotopic (exact) mass is 893 g/mol. The second-order valence-corrected chi connectivity index (χ2v) is 27.2. The highest BCUT2D eigenvalue weighted by molar-refractivity contribution is 7.11. The first-order chi connectivity index (χ1) is 33.3. The van der Waals surface area contributed by atoms with Crippen LogP contribution in [0.15, 0.2) is 84.9 Å². The van der Waals surface area contributed by atoms with Crippen LogP contribution in [0.3, 0.4) is 0 Å². The standard InChI is InChI=1S/C64H50B3N3/c1-61(2,3)27-13-15-43-31(17-27)35-23-36-33-19-29(63(7,8)9)20-34-37-26-46-51-60-50(37)66(47(33)34)49(36)59-48(35)65(43)44-25-42-39-22-30(64(10,11)12)21-38-41-24-40-32-18-28(62(4,5)6)14-16-45(32)68(46)55(40)52-56(41)69(54(38)39)57(42)53(67(51)52)58(44)70(59)60/h13-26H,1-12H3. The summed E-state index contributed by atoms with van der Waals surface area (Å²) >= 11 is 0. The summed E-state index contributed by atoms with van der Waals surface area (Å²) in [5.41, 5.74) is 41.2. The van der Waals surface area contributed by atoms with Gasteiger partial charge in [0.05, 0.1) is 27.6 Å². The van der Waals surface area contributed by atoms with E-state index in [1.807, 2.05) is 0 Å². The summed E-state index contributed by atoms with van der Waals surface area (Å²) in [4.78, 5) is 2.93. The van der Waals surface area contributed by atoms with Crippen LogP contribution in [-0.4, -0.2) is 29.1 Å². The lowest BCUT2D eigenvalue weighted by molar-refractivity contribution is 0.590. The van der Waals surface area contributed by atoms with Crippen LogP contribution in [0.5, 0.6) is 0 Å². The minimum atomic E-state index is -0.0145. The van der Waals surface area contributed by atoms with E-state index in [0.717, 1.165) is 0 Å². The average molecular weight is 894 g/mol. The first kappa shape index (κ1) is 37.2. The lowest BCUT2D eigenvalue weighted by atomic mass is 9.27. The number of fused-ring (bicyclic) bond motifs is 12. The van der Waals surface area contributed by atoms with Gasteiger partial charge in [0.1, 0.15) is 0 Å². The maximum atomic E-state index is 2.93. The van der Waals surface area contributed by atoms with E-state index in [-0.39, 0.29) is 41.8 Å². The fourth-order valence-electron chi connectivity index (χ4n) is 16.5. The molecular formula is C64H50B3N3. The molecule has 0 atom stereocenters. The van der Waals surface area contributed by atoms with Gasteiger partial charge in [-0.2, -0.15) is 0 Å². The predicted molar refractivity (Wildman–Crippen MR) is 302 cm³/mol. The highest BCUT2D eigenvalue weighted by Gasteiger charge is 2.60. The van der Waals surface area contributed by atoms with E-state index in [1.54, 1.807) is 27.3 Å². The van der Waals surface area contributed by atoms with Crippen LogP contribution in [-0.2, 0) is 21.7 Å². The molecule has 8 aliphatic rings. The molecule has 8 aliphatic heterocycles. The zero-order chi connectivity index (χ0) is 47.0. The van der Waals surface area contributed by atoms with E-state index in [1.165, 1.54) is 160 Å². The molecule has 0 fully saturated rings. The summed E-state index contributed by atoms with van der Waals surface area (Å²) in [6.07, 6.45) is 0. The molecule has 19 rings (SSSR count). The highest BCUT2D eigenvalue weighted by atomic mass is 15.2. The third-order valence-electron chi connectivity index (χ3n) is 19.6. The minimum absolute atomic E-state index is 0.00498. The Morgan fingerprint density at radius 3 is 1.53 bits per heavy atom. The number of anilines is 3. The molecule has 11 aromatic rings. The van der Waals surface area contributed by atoms with Crippen LogP contribution in [0.25, 0.3) is 99.0 Å². The number of nitrogens with zero attached hydrogens (tertiary/aromatic N) is 3. The number of rotatable bonds is 0. The topological polar surface area (TPSA) is 12.6 Å². The van der Waals surface area contributed by atoms with Crippen molar-refractivity contribution in [3.63, 3.8) is 0 Å². The molecule has 330 valence electrons. The van der Waals surface area contributed by atoms with Crippen LogP contribution in [0.2, 0.25) is 0 Å². The normalized spacial score (nSPS) is 16.2. The smallest absolute Gasteiger partial charge is 0.257 e. The summed E-state index contributed by atoms with van der Waals surface area (Å²) < 4.78 is 5.57. The molecule has 11 heterocycles. The lowest BCUT2D eigenvalue weighted by Crippen LogP contribution is -2.71. The summed E-state index contributed by atoms with van der Waals surface area (Å²) in [7, 11) is 0. The maximum absolute atomic E-state index is 2.93. The molecule has 6 heteroatoms. The third kappa shape index (κ3) is 3.54. The molecule has 8 aromatic carbocycles. The van der Waals surface area contributed by atoms with Crippen molar-refractivity contribution in [2.75, 3.05) is 4.90 Å². The second-order valence-electron chi connectivity index (χ2n) is 27.2. The van der Waals surface area contributed by atoms with Crippen molar-refractivity contribution in [3.05, 3.63) is 107 Å². The van der Waals surface area contributed by atoms with Gasteiger partial charge in [-0.15, -0.1) is 0 Å². The summed E-state index contributed by atoms with van der Waals surface area (Å²) in [5, 5.41) is 8.47. The van der Waals surface area contributed by atoms with Crippen molar-refractivity contribution in [1.29, 1.82) is 0 Å². The zero-order valence-corrected chi connectivity index (χ0v) is 42.2. The Labute approximate surface area is 409 Å². The van der Waals surface area contributed by atoms with Gasteiger partial charge in [0.25, 0.3) is 6.71 Å². The Morgan fingerprint density at radius 2 is 0.829 bits per heavy atom. The SMILES string of the molecule is CC(C)(C)c1ccc2c(c1)-c1cc3c4c5c1B2c1cc2c6cc(C(C)(C)C)cc7c8cc9c%10cc(C(C)(C)C)ccc%10n%10c9c9c8n(c2c2c1N5c1c5c(cc-%10c1B29)-c1cc(C(C)(C)C)cc-3c1B45)c67. The van der Waals surface area contributed by atoms with Gasteiger partial charge in [0.15, 0.2) is 0 Å². The van der Waals surface area contributed by atoms with Gasteiger partial charge < -0.3 is 13.9 Å². The van der Waals surface area contributed by atoms with Crippen LogP contribution < -0.4 is 54.1 Å². The van der Waals surface area contributed by atoms with Gasteiger partial charge in [-0.1, -0.05) is 136 Å². The molecular weight excluding hydrogens is 843 g/mol. The van der Waals surface area contributed by atoms with E-state index in [9.17, 15) is 0 Å². The van der Waals surface area contributed by atoms with Crippen LogP contribution in [0.1, 0.15) is 105 Å². The molecule has 0 unspecified atom stereocenters. The molecule has 0 aliphatic carbocycles. The van der Waals surface area contributed by atoms with Gasteiger partial charge >= 0.3 is 0 Å². The number of benzene rings is 8. The van der Waals surface area contributed by atoms with Crippen LogP contribution in [0.4, 0.5) is 17.1 Å². The third-order valence-corrected chi connectivity index (χ3v) is 19.6. The minimum Gasteiger partial charge on any atom is -0.313 e. The molecule has 0 saturated heterocycles. The summed E-state index contributed by atoms with van der Waals surface area (Å²) in [6.45, 7) is 29.2. The van der Waals surface area contributed by atoms with Crippen molar-refractivity contribution in [1.82, 2.24) is 8.97 Å². The number of hydrogen-bond donors (Lipinski definition) is 0. The fraction of sp³-hybridized carbons (Fsp3) is 0.250. The molecule has 3 nitrogen and oxygen atoms in total. The fourth-order valence-corrected chi connectivity index (χ4v) is 16.5. The molecule has 0 spiro atoms. The van der Waals surface area contributed by atoms with Gasteiger partial charge in [-0.25, -0.2) is 0 Å². The zero-order valence-electron chi connectivity index (χ0n) is 42.2. The Kier molecular flexibility index (Phi) is 5.45. The van der Waals surface area contributed by atoms with Gasteiger partial charge in [-0.05, 0) is 158 Å². The second kappa shape index (κ2) is 10.2. The summed E-state index contributed by atoms with van der Waals surface area (Å²) in [6, 6.07) is 36.3. The van der Waals surface area contributed by atoms with Crippen LogP contribution >= 0.6 is 0 Å². The van der Waals surface area contributed by atoms with E-state index < -0.39 is 0 Å². The van der Waals surface area contributed by atoms with Gasteiger partial charge in [0.2, 0.25) is 13.4 Å². The first-order valence-electron chi connectivity index (χ1n) is 26.2. The lowest BCUT2D eigenvalue weighted by Gasteiger charge is -2.50. The average Bonchev–Trinajstić information content (AvgIpc) is 4.15. The molecule has 0 radical (unpaired) electrons. The van der Waals surface area contributed by atoms with E-state index in [2.05, 4.69) is 182 Å². The van der Waals surface area contributed by atoms with Gasteiger partial charge in [-0.3, -0.25) is 0 Å². The number of aromatic nitrogens is 2. The van der Waals surface area contributed by atoms with E-state index in [0.29, 0.717) is 0 Å². The molecule has 70 heavy (non-hydrogen) atoms. The summed E-state index contributed by atoms with van der Waals surface area (Å²) in [5.74, 6) is 0. The number of hydrogen-bond acceptors (Lipinski definition) is 1. The quantitative estimate of drug-likeness (QED) is 0.138. The van der Waals surface area contributed by atoms with Crippen molar-refractivity contribution in [2.24, 2.45) is 0 Å².